The molecule has 0 aliphatic carbocycles. The Bertz CT molecular complexity index is 914. The number of para-hydroxylation sites is 1. The summed E-state index contributed by atoms with van der Waals surface area (Å²) in [4.78, 5) is 16.0. The summed E-state index contributed by atoms with van der Waals surface area (Å²) in [5.74, 6) is 7.72. The van der Waals surface area contributed by atoms with Gasteiger partial charge < -0.3 is 15.5 Å². The van der Waals surface area contributed by atoms with E-state index in [4.69, 9.17) is 10.6 Å². The van der Waals surface area contributed by atoms with Crippen LogP contribution in [0.15, 0.2) is 53.0 Å². The quantitative estimate of drug-likeness (QED) is 0.471. The molecule has 1 aromatic carbocycles. The van der Waals surface area contributed by atoms with Gasteiger partial charge in [-0.3, -0.25) is 4.79 Å². The summed E-state index contributed by atoms with van der Waals surface area (Å²) in [5.41, 5.74) is 0. The molecule has 0 bridgehead atoms. The fourth-order valence-electron chi connectivity index (χ4n) is 3.22. The van der Waals surface area contributed by atoms with Crippen LogP contribution >= 0.6 is 23.1 Å². The molecule has 1 saturated heterocycles. The van der Waals surface area contributed by atoms with Gasteiger partial charge in [0.1, 0.15) is 12.4 Å². The van der Waals surface area contributed by atoms with E-state index in [-0.39, 0.29) is 24.3 Å². The van der Waals surface area contributed by atoms with Crippen molar-refractivity contribution in [1.82, 2.24) is 19.8 Å². The largest absolute Gasteiger partial charge is 0.486 e. The minimum atomic E-state index is 0.103. The van der Waals surface area contributed by atoms with E-state index >= 15 is 0 Å². The van der Waals surface area contributed by atoms with Crippen molar-refractivity contribution in [3.05, 3.63) is 58.5 Å². The molecule has 1 aliphatic heterocycles. The lowest BCUT2D eigenvalue weighted by atomic mass is 10.2. The van der Waals surface area contributed by atoms with E-state index in [2.05, 4.69) is 21.6 Å². The van der Waals surface area contributed by atoms with Crippen molar-refractivity contribution in [2.45, 2.75) is 30.6 Å². The third-order valence-corrected chi connectivity index (χ3v) is 6.52. The zero-order valence-corrected chi connectivity index (χ0v) is 16.9. The molecule has 4 rings (SSSR count). The summed E-state index contributed by atoms with van der Waals surface area (Å²) < 4.78 is 7.05. The van der Waals surface area contributed by atoms with Gasteiger partial charge in [-0.15, -0.1) is 21.5 Å². The van der Waals surface area contributed by atoms with Gasteiger partial charge >= 0.3 is 0 Å². The molecule has 7 nitrogen and oxygen atoms in total. The zero-order valence-electron chi connectivity index (χ0n) is 15.2. The Hall–Kier alpha value is -2.52. The number of hydrogen-bond donors (Lipinski definition) is 1. The number of thiophene rings is 1. The maximum absolute atomic E-state index is 12.7. The SMILES string of the molecule is Nn1c(COc2ccccc2)nnc1SCC(=O)N1CCCC1c1cccs1. The van der Waals surface area contributed by atoms with Crippen LogP contribution in [0.5, 0.6) is 5.75 Å². The van der Waals surface area contributed by atoms with Crippen LogP contribution in [-0.2, 0) is 11.4 Å². The number of amides is 1. The lowest BCUT2D eigenvalue weighted by Gasteiger charge is -2.23. The first-order valence-electron chi connectivity index (χ1n) is 9.05. The molecule has 1 aliphatic rings. The summed E-state index contributed by atoms with van der Waals surface area (Å²) >= 11 is 3.01. The molecule has 28 heavy (non-hydrogen) atoms. The predicted molar refractivity (Wildman–Crippen MR) is 110 cm³/mol. The lowest BCUT2D eigenvalue weighted by Crippen LogP contribution is -2.31. The second-order valence-corrected chi connectivity index (χ2v) is 8.34. The highest BCUT2D eigenvalue weighted by atomic mass is 32.2. The van der Waals surface area contributed by atoms with Gasteiger partial charge in [-0.05, 0) is 36.4 Å². The number of carbonyl (C=O) groups excluding carboxylic acids is 1. The van der Waals surface area contributed by atoms with Crippen molar-refractivity contribution in [2.24, 2.45) is 0 Å². The van der Waals surface area contributed by atoms with Crippen LogP contribution in [0.3, 0.4) is 0 Å². The average Bonchev–Trinajstić information content (AvgIpc) is 3.46. The highest BCUT2D eigenvalue weighted by molar-refractivity contribution is 7.99. The Labute approximate surface area is 171 Å². The second kappa shape index (κ2) is 8.66. The molecule has 2 aromatic heterocycles. The van der Waals surface area contributed by atoms with Crippen LogP contribution in [0.1, 0.15) is 29.6 Å². The summed E-state index contributed by atoms with van der Waals surface area (Å²) in [7, 11) is 0. The van der Waals surface area contributed by atoms with E-state index in [1.165, 1.54) is 21.3 Å². The average molecular weight is 416 g/mol. The van der Waals surface area contributed by atoms with Crippen molar-refractivity contribution >= 4 is 29.0 Å². The van der Waals surface area contributed by atoms with Gasteiger partial charge in [0.15, 0.2) is 5.82 Å². The summed E-state index contributed by atoms with van der Waals surface area (Å²) in [6.07, 6.45) is 2.05. The fraction of sp³-hybridized carbons (Fsp3) is 0.316. The number of thioether (sulfide) groups is 1. The van der Waals surface area contributed by atoms with E-state index < -0.39 is 0 Å². The van der Waals surface area contributed by atoms with Crippen LogP contribution in [0.25, 0.3) is 0 Å². The van der Waals surface area contributed by atoms with Gasteiger partial charge in [-0.2, -0.15) is 0 Å². The number of likely N-dealkylation sites (tertiary alicyclic amines) is 1. The minimum Gasteiger partial charge on any atom is -0.486 e. The molecule has 9 heteroatoms. The predicted octanol–water partition coefficient (Wildman–Crippen LogP) is 3.09. The van der Waals surface area contributed by atoms with Crippen LogP contribution in [0, 0.1) is 0 Å². The van der Waals surface area contributed by atoms with E-state index in [1.807, 2.05) is 41.3 Å². The molecule has 0 radical (unpaired) electrons. The topological polar surface area (TPSA) is 86.3 Å². The standard InChI is InChI=1S/C19H21N5O2S2/c20-24-17(12-26-14-6-2-1-3-7-14)21-22-19(24)28-13-18(25)23-10-4-8-15(23)16-9-5-11-27-16/h1-3,5-7,9,11,15H,4,8,10,12-13,20H2. The summed E-state index contributed by atoms with van der Waals surface area (Å²) in [6, 6.07) is 13.8. The van der Waals surface area contributed by atoms with E-state index in [1.54, 1.807) is 11.3 Å². The smallest absolute Gasteiger partial charge is 0.233 e. The van der Waals surface area contributed by atoms with Crippen LogP contribution in [0.2, 0.25) is 0 Å². The lowest BCUT2D eigenvalue weighted by molar-refractivity contribution is -0.129. The Morgan fingerprint density at radius 2 is 2.11 bits per heavy atom. The number of benzene rings is 1. The van der Waals surface area contributed by atoms with E-state index in [0.717, 1.165) is 25.1 Å². The van der Waals surface area contributed by atoms with Gasteiger partial charge in [0.2, 0.25) is 11.1 Å². The monoisotopic (exact) mass is 415 g/mol. The summed E-state index contributed by atoms with van der Waals surface area (Å²) in [5, 5.41) is 10.7. The maximum atomic E-state index is 12.7. The first-order valence-corrected chi connectivity index (χ1v) is 10.9. The number of ether oxygens (including phenoxy) is 1. The maximum Gasteiger partial charge on any atom is 0.233 e. The second-order valence-electron chi connectivity index (χ2n) is 6.42. The molecule has 3 heterocycles. The molecule has 0 spiro atoms. The van der Waals surface area contributed by atoms with Gasteiger partial charge in [0, 0.05) is 11.4 Å². The molecule has 0 saturated carbocycles. The van der Waals surface area contributed by atoms with Crippen LogP contribution < -0.4 is 10.6 Å². The number of nitrogen functional groups attached to an aromatic ring is 1. The van der Waals surface area contributed by atoms with Gasteiger partial charge in [0.05, 0.1) is 11.8 Å². The molecular weight excluding hydrogens is 394 g/mol. The van der Waals surface area contributed by atoms with Crippen molar-refractivity contribution in [1.29, 1.82) is 0 Å². The molecule has 146 valence electrons. The van der Waals surface area contributed by atoms with Crippen LogP contribution in [0.4, 0.5) is 0 Å². The van der Waals surface area contributed by atoms with Crippen molar-refractivity contribution < 1.29 is 9.53 Å². The number of rotatable bonds is 7. The summed E-state index contributed by atoms with van der Waals surface area (Å²) in [6.45, 7) is 1.02. The van der Waals surface area contributed by atoms with Crippen molar-refractivity contribution in [2.75, 3.05) is 18.1 Å². The number of aromatic nitrogens is 3. The van der Waals surface area contributed by atoms with Crippen molar-refractivity contribution in [3.8, 4) is 5.75 Å². The Morgan fingerprint density at radius 1 is 1.25 bits per heavy atom. The molecule has 1 unspecified atom stereocenters. The van der Waals surface area contributed by atoms with Gasteiger partial charge in [-0.25, -0.2) is 4.68 Å². The highest BCUT2D eigenvalue weighted by Gasteiger charge is 2.30. The normalized spacial score (nSPS) is 16.4. The number of nitrogens with zero attached hydrogens (tertiary/aromatic N) is 4. The number of carbonyl (C=O) groups is 1. The first-order chi connectivity index (χ1) is 13.7. The Kier molecular flexibility index (Phi) is 5.82. The Balaban J connectivity index is 1.33. The molecule has 1 amide bonds. The van der Waals surface area contributed by atoms with Gasteiger partial charge in [-0.1, -0.05) is 36.0 Å². The van der Waals surface area contributed by atoms with E-state index in [0.29, 0.717) is 11.0 Å². The van der Waals surface area contributed by atoms with E-state index in [9.17, 15) is 4.79 Å². The third kappa shape index (κ3) is 4.15. The number of hydrogen-bond acceptors (Lipinski definition) is 7. The third-order valence-electron chi connectivity index (χ3n) is 4.62. The van der Waals surface area contributed by atoms with Crippen LogP contribution in [-0.4, -0.2) is 38.0 Å². The van der Waals surface area contributed by atoms with Crippen molar-refractivity contribution in [3.63, 3.8) is 0 Å². The molecule has 3 aromatic rings. The number of nitrogens with two attached hydrogens (primary N) is 1. The molecule has 1 fully saturated rings. The molecular formula is C19H21N5O2S2. The first kappa shape index (κ1) is 18.8. The fourth-order valence-corrected chi connectivity index (χ4v) is 4.85. The highest BCUT2D eigenvalue weighted by Crippen LogP contribution is 2.35. The molecule has 2 N–H and O–H groups in total. The zero-order chi connectivity index (χ0) is 19.3. The van der Waals surface area contributed by atoms with Gasteiger partial charge in [0.25, 0.3) is 0 Å². The minimum absolute atomic E-state index is 0.103. The Morgan fingerprint density at radius 3 is 2.89 bits per heavy atom. The molecule has 1 atom stereocenters.